The topological polar surface area (TPSA) is 314 Å². The van der Waals surface area contributed by atoms with Crippen LogP contribution in [0.3, 0.4) is 0 Å². The van der Waals surface area contributed by atoms with Crippen LogP contribution in [-0.4, -0.2) is 181 Å². The Morgan fingerprint density at radius 3 is 1.52 bits per heavy atom. The van der Waals surface area contributed by atoms with Gasteiger partial charge in [0.1, 0.15) is 22.1 Å². The number of amidine groups is 1. The number of rotatable bonds is 13. The zero-order valence-corrected chi connectivity index (χ0v) is 66.7. The van der Waals surface area contributed by atoms with Gasteiger partial charge in [0.15, 0.2) is 31.0 Å². The highest BCUT2D eigenvalue weighted by molar-refractivity contribution is 14.1. The number of fused-ring (bicyclic) bond motifs is 2. The molecule has 2 atom stereocenters. The molecule has 28 nitrogen and oxygen atoms in total. The van der Waals surface area contributed by atoms with E-state index in [1.54, 1.807) is 55.6 Å². The van der Waals surface area contributed by atoms with Crippen molar-refractivity contribution in [1.29, 1.82) is 0 Å². The SMILES string of the molecule is Brc1ccc(C2OCCO2)cn1.CC(C)I.CC(C)n1cc(-c2ccc(C3OCCO3)cn2)cn1.CC(C)n1cc(-c2ccc(C=O)cn2)cn1.CC1(C)OB(c2cn[nH]c2)OC1(C)C.CC1=CC(Nc2cc(C)nc(-c3ccc(N4CC5CC(C4)N5)nc3)n2)=NC1.c1n[nH]cc1-c1ccc(C2OCCO2)cn1. The predicted molar refractivity (Wildman–Crippen MR) is 425 cm³/mol. The normalized spacial score (nSPS) is 18.3. The molecule has 10 aromatic heterocycles. The van der Waals surface area contributed by atoms with Gasteiger partial charge in [0.05, 0.1) is 93.1 Å². The van der Waals surface area contributed by atoms with Crippen molar-refractivity contribution in [1.82, 2.24) is 80.2 Å². The zero-order valence-electron chi connectivity index (χ0n) is 62.9. The third kappa shape index (κ3) is 22.5. The first-order valence-corrected chi connectivity index (χ1v) is 38.1. The molecular weight excluding hydrogens is 1550 g/mol. The summed E-state index contributed by atoms with van der Waals surface area (Å²) in [6.45, 7) is 31.6. The highest BCUT2D eigenvalue weighted by atomic mass is 127. The number of halogens is 2. The van der Waals surface area contributed by atoms with E-state index in [0.29, 0.717) is 75.2 Å². The molecule has 0 saturated carbocycles. The summed E-state index contributed by atoms with van der Waals surface area (Å²) in [5.41, 5.74) is 12.5. The molecule has 0 radical (unpaired) electrons. The van der Waals surface area contributed by atoms with Crippen LogP contribution < -0.4 is 21.0 Å². The van der Waals surface area contributed by atoms with E-state index in [9.17, 15) is 4.79 Å². The van der Waals surface area contributed by atoms with Gasteiger partial charge in [-0.25, -0.2) is 19.9 Å². The number of H-pyrrole nitrogens is 2. The van der Waals surface area contributed by atoms with Crippen LogP contribution in [0, 0.1) is 6.92 Å². The van der Waals surface area contributed by atoms with Crippen LogP contribution in [0.25, 0.3) is 45.2 Å². The van der Waals surface area contributed by atoms with Gasteiger partial charge in [-0.2, -0.15) is 20.4 Å². The van der Waals surface area contributed by atoms with Crippen LogP contribution in [0.4, 0.5) is 11.6 Å². The van der Waals surface area contributed by atoms with Gasteiger partial charge in [0, 0.05) is 165 Å². The summed E-state index contributed by atoms with van der Waals surface area (Å²) in [5.74, 6) is 3.32. The van der Waals surface area contributed by atoms with E-state index in [1.165, 1.54) is 12.0 Å². The number of ether oxygens (including phenoxy) is 6. The Hall–Kier alpha value is -8.74. The van der Waals surface area contributed by atoms with Crippen molar-refractivity contribution in [2.24, 2.45) is 4.99 Å². The van der Waals surface area contributed by atoms with Crippen molar-refractivity contribution in [3.63, 3.8) is 0 Å². The summed E-state index contributed by atoms with van der Waals surface area (Å²) in [4.78, 5) is 48.3. The quantitative estimate of drug-likeness (QED) is 0.0274. The minimum atomic E-state index is -0.307. The molecule has 8 aliphatic rings. The number of anilines is 2. The van der Waals surface area contributed by atoms with E-state index in [0.717, 1.165) is 119 Å². The van der Waals surface area contributed by atoms with Gasteiger partial charge in [-0.05, 0) is 152 Å². The molecule has 568 valence electrons. The summed E-state index contributed by atoms with van der Waals surface area (Å²) in [6.07, 6.45) is 26.8. The fourth-order valence-corrected chi connectivity index (χ4v) is 11.7. The van der Waals surface area contributed by atoms with E-state index in [4.69, 9.17) is 37.7 Å². The van der Waals surface area contributed by atoms with Gasteiger partial charge < -0.3 is 53.3 Å². The largest absolute Gasteiger partial charge is 0.498 e. The Balaban J connectivity index is 0.000000130. The second kappa shape index (κ2) is 38.1. The molecule has 31 heteroatoms. The molecule has 0 spiro atoms. The average Bonchev–Trinajstić information content (AvgIpc) is 1.58. The number of nitrogens with one attached hydrogen (secondary N) is 4. The van der Waals surface area contributed by atoms with Crippen LogP contribution in [-0.2, 0) is 37.7 Å². The number of hydrogen-bond acceptors (Lipinski definition) is 24. The number of alkyl halides is 1. The van der Waals surface area contributed by atoms with Crippen LogP contribution in [0.15, 0.2) is 169 Å². The Kier molecular flexibility index (Phi) is 28.3. The first-order valence-electron chi connectivity index (χ1n) is 36.0. The molecule has 0 amide bonds. The smallest absolute Gasteiger partial charge is 0.399 e. The summed E-state index contributed by atoms with van der Waals surface area (Å²) < 4.78 is 49.3. The van der Waals surface area contributed by atoms with Crippen molar-refractivity contribution in [3.8, 4) is 45.2 Å². The third-order valence-corrected chi connectivity index (χ3v) is 18.3. The molecule has 7 fully saturated rings. The number of piperidine rings is 1. The predicted octanol–water partition coefficient (Wildman–Crippen LogP) is 13.0. The lowest BCUT2D eigenvalue weighted by Crippen LogP contribution is -2.67. The Bertz CT molecular complexity index is 4440. The number of aldehydes is 1. The molecule has 10 aromatic rings. The summed E-state index contributed by atoms with van der Waals surface area (Å²) in [7, 11) is -0.307. The Labute approximate surface area is 652 Å². The van der Waals surface area contributed by atoms with Gasteiger partial charge in [-0.15, -0.1) is 0 Å². The molecule has 4 N–H and O–H groups in total. The number of carbonyl (C=O) groups is 1. The number of carbonyl (C=O) groups excluding carboxylic acids is 1. The number of piperazine rings is 1. The maximum Gasteiger partial charge on any atom is 0.498 e. The molecule has 18 rings (SSSR count). The van der Waals surface area contributed by atoms with Gasteiger partial charge in [-0.1, -0.05) is 48.6 Å². The molecular formula is C77H94BBrIN19O9. The number of nitrogens with zero attached hydrogens (tertiary/aromatic N) is 15. The highest BCUT2D eigenvalue weighted by Crippen LogP contribution is 2.37. The Morgan fingerprint density at radius 1 is 0.593 bits per heavy atom. The van der Waals surface area contributed by atoms with Crippen molar-refractivity contribution in [2.45, 2.75) is 148 Å². The van der Waals surface area contributed by atoms with Crippen LogP contribution in [0.5, 0.6) is 0 Å². The number of aliphatic imine (C=N–C) groups is 1. The minimum Gasteiger partial charge on any atom is -0.399 e. The van der Waals surface area contributed by atoms with Gasteiger partial charge >= 0.3 is 7.12 Å². The second-order valence-corrected chi connectivity index (χ2v) is 31.4. The lowest BCUT2D eigenvalue weighted by Gasteiger charge is -2.48. The van der Waals surface area contributed by atoms with E-state index >= 15 is 0 Å². The summed E-state index contributed by atoms with van der Waals surface area (Å²) in [6, 6.07) is 23.3. The van der Waals surface area contributed by atoms with Crippen molar-refractivity contribution in [3.05, 3.63) is 191 Å². The van der Waals surface area contributed by atoms with Gasteiger partial charge in [0.25, 0.3) is 0 Å². The van der Waals surface area contributed by atoms with Crippen molar-refractivity contribution < 1.29 is 42.5 Å². The Morgan fingerprint density at radius 2 is 1.10 bits per heavy atom. The molecule has 8 aliphatic heterocycles. The lowest BCUT2D eigenvalue weighted by atomic mass is 9.82. The molecule has 2 unspecified atom stereocenters. The highest BCUT2D eigenvalue weighted by Gasteiger charge is 2.52. The lowest BCUT2D eigenvalue weighted by molar-refractivity contribution is -0.0445. The van der Waals surface area contributed by atoms with Crippen LogP contribution in [0.2, 0.25) is 0 Å². The van der Waals surface area contributed by atoms with Gasteiger partial charge in [0.2, 0.25) is 0 Å². The molecule has 18 heterocycles. The second-order valence-electron chi connectivity index (χ2n) is 28.1. The van der Waals surface area contributed by atoms with Crippen LogP contribution in [0.1, 0.15) is 146 Å². The minimum absolute atomic E-state index is 0.217. The van der Waals surface area contributed by atoms with E-state index in [-0.39, 0.29) is 37.2 Å². The summed E-state index contributed by atoms with van der Waals surface area (Å²) >= 11 is 5.60. The number of hydrogen-bond donors (Lipinski definition) is 4. The molecule has 0 aromatic carbocycles. The average molecular weight is 1650 g/mol. The zero-order chi connectivity index (χ0) is 76.3. The maximum absolute atomic E-state index is 10.5. The van der Waals surface area contributed by atoms with E-state index in [1.807, 2.05) is 130 Å². The van der Waals surface area contributed by atoms with E-state index < -0.39 is 0 Å². The first-order chi connectivity index (χ1) is 52.0. The standard InChI is InChI=1S/C20H23N7.C14H17N3O2.C12H13N3O.C11H11N3O2.C9H15BN2O2.C8H8BrNO2.C3H7I/c1-12-5-17(21-8-12)25-18-6-13(2)23-20(26-18)14-3-4-19(22-9-14)27-10-15-7-16(11-27)24-15;1-10(2)17-9-12(8-16-17)13-4-3-11(7-15-13)14-18-5-6-19-14;1-9(2)15-7-11(6-14-15)12-4-3-10(8-16)5-13-12;1-2-10(9-6-13-14-7-9)12-5-8(1)11-15-3-4-16-11;1-8(2)9(3,4)14-10(13-8)7-5-11-12-6-7;9-7-2-1-6(5-10-7)8-11-3-4-12-8;1-3(2)4/h3-6,9,15-16,24H,7-8,10-11H2,1-2H3,(H,21,23,25,26);3-4,7-10,14H,5-6H2,1-2H3;3-9H,1-2H3;1-2,5-7,11H,3-4H2,(H,13,14);5-6H,1-4H3,(H,11,12);1-2,5,8H,3-4H2;3H,1-2H3. The van der Waals surface area contributed by atoms with Crippen molar-refractivity contribution >= 4 is 74.9 Å². The van der Waals surface area contributed by atoms with Crippen molar-refractivity contribution in [2.75, 3.05) is 69.5 Å². The fraction of sp³-hybridized carbons (Fsp3) is 0.416. The number of pyridine rings is 5. The van der Waals surface area contributed by atoms with E-state index in [2.05, 4.69) is 185 Å². The maximum atomic E-state index is 10.5. The molecule has 0 aliphatic carbocycles. The summed E-state index contributed by atoms with van der Waals surface area (Å²) in [5, 5.41) is 28.7. The number of aromatic amines is 2. The molecule has 7 saturated heterocycles. The first kappa shape index (κ1) is 80.3. The molecule has 108 heavy (non-hydrogen) atoms. The number of aromatic nitrogens is 15. The monoisotopic (exact) mass is 1650 g/mol. The third-order valence-electron chi connectivity index (χ3n) is 17.9. The number of aryl methyl sites for hydroxylation is 1. The fourth-order valence-electron chi connectivity index (χ4n) is 11.4. The molecule has 2 bridgehead atoms. The van der Waals surface area contributed by atoms with Crippen LogP contribution >= 0.6 is 38.5 Å². The van der Waals surface area contributed by atoms with Gasteiger partial charge in [-0.3, -0.25) is 44.3 Å².